The molecule has 6 nitrogen and oxygen atoms in total. The number of anilines is 1. The minimum Gasteiger partial charge on any atom is -0.378 e. The van der Waals surface area contributed by atoms with Crippen molar-refractivity contribution in [3.63, 3.8) is 0 Å². The summed E-state index contributed by atoms with van der Waals surface area (Å²) in [4.78, 5) is 12.7. The summed E-state index contributed by atoms with van der Waals surface area (Å²) in [6.45, 7) is 2.47. The molecule has 3 heterocycles. The molecule has 0 aliphatic heterocycles. The molecule has 35 heavy (non-hydrogen) atoms. The van der Waals surface area contributed by atoms with Crippen LogP contribution in [0.5, 0.6) is 0 Å². The zero-order valence-corrected chi connectivity index (χ0v) is 19.8. The molecule has 0 aliphatic rings. The fourth-order valence-corrected chi connectivity index (χ4v) is 4.59. The topological polar surface area (TPSA) is 86.0 Å². The summed E-state index contributed by atoms with van der Waals surface area (Å²) in [7, 11) is 1.58. The van der Waals surface area contributed by atoms with Crippen molar-refractivity contribution in [2.45, 2.75) is 31.7 Å². The van der Waals surface area contributed by atoms with Gasteiger partial charge in [-0.3, -0.25) is 4.98 Å². The highest BCUT2D eigenvalue weighted by Crippen LogP contribution is 2.35. The first kappa shape index (κ1) is 25.0. The molecule has 0 spiro atoms. The molecule has 0 fully saturated rings. The fourth-order valence-electron chi connectivity index (χ4n) is 3.61. The van der Waals surface area contributed by atoms with Crippen molar-refractivity contribution >= 4 is 27.2 Å². The van der Waals surface area contributed by atoms with E-state index in [-0.39, 0.29) is 12.5 Å². The molecule has 11 heteroatoms. The van der Waals surface area contributed by atoms with Gasteiger partial charge in [-0.15, -0.1) is 0 Å². The highest BCUT2D eigenvalue weighted by molar-refractivity contribution is 7.19. The zero-order chi connectivity index (χ0) is 25.2. The van der Waals surface area contributed by atoms with Crippen LogP contribution in [0.15, 0.2) is 48.8 Å². The second-order valence-electron chi connectivity index (χ2n) is 8.10. The van der Waals surface area contributed by atoms with Gasteiger partial charge in [0.2, 0.25) is 5.95 Å². The fraction of sp³-hybridized carbons (Fsp3) is 0.292. The number of hydrogen-bond acceptors (Lipinski definition) is 7. The van der Waals surface area contributed by atoms with E-state index in [0.717, 1.165) is 33.0 Å². The predicted octanol–water partition coefficient (Wildman–Crippen LogP) is 5.60. The number of aromatic nitrogens is 3. The molecule has 4 rings (SSSR count). The molecule has 184 valence electrons. The van der Waals surface area contributed by atoms with Gasteiger partial charge in [-0.2, -0.15) is 17.6 Å². The Kier molecular flexibility index (Phi) is 7.29. The molecule has 0 saturated heterocycles. The lowest BCUT2D eigenvalue weighted by Gasteiger charge is -2.20. The van der Waals surface area contributed by atoms with Crippen molar-refractivity contribution in [1.82, 2.24) is 15.0 Å². The Labute approximate surface area is 203 Å². The molecule has 3 aromatic heterocycles. The average Bonchev–Trinajstić information content (AvgIpc) is 3.24. The number of benzene rings is 1. The number of pyridine rings is 2. The van der Waals surface area contributed by atoms with Gasteiger partial charge in [0.15, 0.2) is 5.13 Å². The summed E-state index contributed by atoms with van der Waals surface area (Å²) >= 11 is 1.42. The van der Waals surface area contributed by atoms with Crippen LogP contribution in [-0.4, -0.2) is 34.6 Å². The van der Waals surface area contributed by atoms with E-state index in [4.69, 9.17) is 10.5 Å². The molecule has 0 amide bonds. The highest BCUT2D eigenvalue weighted by Gasteiger charge is 2.32. The van der Waals surface area contributed by atoms with Crippen LogP contribution in [0.3, 0.4) is 0 Å². The van der Waals surface area contributed by atoms with Crippen LogP contribution in [0.2, 0.25) is 0 Å². The molecule has 0 radical (unpaired) electrons. The average molecular weight is 506 g/mol. The molecule has 2 atom stereocenters. The molecular formula is C24H23F4N5OS. The second kappa shape index (κ2) is 10.2. The van der Waals surface area contributed by atoms with E-state index >= 15 is 0 Å². The van der Waals surface area contributed by atoms with E-state index in [1.54, 1.807) is 7.11 Å². The summed E-state index contributed by atoms with van der Waals surface area (Å²) in [5, 5.41) is 5.40. The third-order valence-electron chi connectivity index (χ3n) is 5.66. The van der Waals surface area contributed by atoms with Gasteiger partial charge < -0.3 is 15.8 Å². The number of methoxy groups -OCH3 is 1. The number of halogens is 4. The minimum absolute atomic E-state index is 0.237. The van der Waals surface area contributed by atoms with E-state index < -0.39 is 23.9 Å². The van der Waals surface area contributed by atoms with Gasteiger partial charge in [0.1, 0.15) is 5.69 Å². The molecule has 0 saturated carbocycles. The van der Waals surface area contributed by atoms with Crippen molar-refractivity contribution < 1.29 is 22.3 Å². The molecule has 0 aliphatic carbocycles. The Hall–Kier alpha value is -3.15. The van der Waals surface area contributed by atoms with Crippen LogP contribution < -0.4 is 11.1 Å². The Balaban J connectivity index is 1.49. The third-order valence-corrected chi connectivity index (χ3v) is 6.77. The number of thiazole rings is 1. The standard InChI is InChI=1S/C24H23F4N5OS/c1-13(15-5-6-20(30-9-15)24(26,27)28)18(29)11-32-23-33-19(12-34-2)22(35-23)14-3-4-16-10-31-21(25)8-17(16)7-14/h3-10,13,18H,11-12,29H2,1-2H3,(H,32,33). The number of nitrogens with one attached hydrogen (secondary N) is 1. The van der Waals surface area contributed by atoms with Crippen molar-refractivity contribution in [2.75, 3.05) is 19.0 Å². The van der Waals surface area contributed by atoms with Crippen LogP contribution in [0.25, 0.3) is 21.2 Å². The van der Waals surface area contributed by atoms with E-state index in [1.807, 2.05) is 25.1 Å². The summed E-state index contributed by atoms with van der Waals surface area (Å²) in [6.07, 6.45) is -1.79. The quantitative estimate of drug-likeness (QED) is 0.240. The van der Waals surface area contributed by atoms with E-state index in [9.17, 15) is 17.6 Å². The van der Waals surface area contributed by atoms with Crippen LogP contribution in [0.1, 0.15) is 29.8 Å². The first-order valence-electron chi connectivity index (χ1n) is 10.7. The Morgan fingerprint density at radius 1 is 1.09 bits per heavy atom. The van der Waals surface area contributed by atoms with Gasteiger partial charge in [-0.25, -0.2) is 9.97 Å². The van der Waals surface area contributed by atoms with Crippen LogP contribution in [0, 0.1) is 5.95 Å². The summed E-state index contributed by atoms with van der Waals surface area (Å²) in [5.41, 5.74) is 7.58. The summed E-state index contributed by atoms with van der Waals surface area (Å²) < 4.78 is 57.2. The molecule has 3 N–H and O–H groups in total. The predicted molar refractivity (Wildman–Crippen MR) is 128 cm³/mol. The number of rotatable bonds is 8. The lowest BCUT2D eigenvalue weighted by Crippen LogP contribution is -2.34. The van der Waals surface area contributed by atoms with E-state index in [2.05, 4.69) is 20.3 Å². The monoisotopic (exact) mass is 505 g/mol. The zero-order valence-electron chi connectivity index (χ0n) is 18.9. The van der Waals surface area contributed by atoms with Gasteiger partial charge in [-0.05, 0) is 34.6 Å². The van der Waals surface area contributed by atoms with E-state index in [0.29, 0.717) is 17.2 Å². The van der Waals surface area contributed by atoms with Crippen molar-refractivity contribution in [3.8, 4) is 10.4 Å². The first-order valence-corrected chi connectivity index (χ1v) is 11.5. The minimum atomic E-state index is -4.48. The molecule has 1 aromatic carbocycles. The van der Waals surface area contributed by atoms with Crippen molar-refractivity contribution in [3.05, 3.63) is 71.7 Å². The Bertz CT molecular complexity index is 1310. The van der Waals surface area contributed by atoms with Gasteiger partial charge >= 0.3 is 6.18 Å². The molecule has 4 aromatic rings. The van der Waals surface area contributed by atoms with Crippen molar-refractivity contribution in [2.24, 2.45) is 5.73 Å². The van der Waals surface area contributed by atoms with Gasteiger partial charge in [0.05, 0.1) is 17.2 Å². The lowest BCUT2D eigenvalue weighted by molar-refractivity contribution is -0.141. The number of hydrogen-bond donors (Lipinski definition) is 2. The van der Waals surface area contributed by atoms with E-state index in [1.165, 1.54) is 35.9 Å². The normalized spacial score (nSPS) is 13.7. The van der Waals surface area contributed by atoms with Crippen LogP contribution in [-0.2, 0) is 17.5 Å². The maximum atomic E-state index is 13.6. The second-order valence-corrected chi connectivity index (χ2v) is 9.10. The number of nitrogens with two attached hydrogens (primary N) is 1. The molecule has 2 unspecified atom stereocenters. The SMILES string of the molecule is COCc1nc(NCC(N)C(C)c2ccc(C(F)(F)F)nc2)sc1-c1ccc2cnc(F)cc2c1. The molecular weight excluding hydrogens is 482 g/mol. The van der Waals surface area contributed by atoms with Gasteiger partial charge in [-0.1, -0.05) is 36.5 Å². The lowest BCUT2D eigenvalue weighted by atomic mass is 9.95. The van der Waals surface area contributed by atoms with Crippen LogP contribution >= 0.6 is 11.3 Å². The Morgan fingerprint density at radius 2 is 1.89 bits per heavy atom. The number of alkyl halides is 3. The maximum absolute atomic E-state index is 13.6. The first-order chi connectivity index (χ1) is 16.7. The van der Waals surface area contributed by atoms with Crippen LogP contribution in [0.4, 0.5) is 22.7 Å². The highest BCUT2D eigenvalue weighted by atomic mass is 32.1. The van der Waals surface area contributed by atoms with Gasteiger partial charge in [0.25, 0.3) is 0 Å². The maximum Gasteiger partial charge on any atom is 0.433 e. The summed E-state index contributed by atoms with van der Waals surface area (Å²) in [5.74, 6) is -0.788. The number of fused-ring (bicyclic) bond motifs is 1. The number of nitrogens with zero attached hydrogens (tertiary/aromatic N) is 3. The smallest absolute Gasteiger partial charge is 0.378 e. The summed E-state index contributed by atoms with van der Waals surface area (Å²) in [6, 6.07) is 9.01. The van der Waals surface area contributed by atoms with Crippen molar-refractivity contribution in [1.29, 1.82) is 0 Å². The van der Waals surface area contributed by atoms with Gasteiger partial charge in [0, 0.05) is 43.5 Å². The third kappa shape index (κ3) is 5.75. The number of ether oxygens (including phenoxy) is 1. The molecule has 0 bridgehead atoms. The largest absolute Gasteiger partial charge is 0.433 e. The Morgan fingerprint density at radius 3 is 2.57 bits per heavy atom.